The van der Waals surface area contributed by atoms with Gasteiger partial charge in [-0.15, -0.1) is 0 Å². The summed E-state index contributed by atoms with van der Waals surface area (Å²) in [4.78, 5) is 0. The van der Waals surface area contributed by atoms with Crippen LogP contribution in [0.15, 0.2) is 22.8 Å². The number of aromatic nitrogens is 2. The summed E-state index contributed by atoms with van der Waals surface area (Å²) in [6, 6.07) is 3.56. The Morgan fingerprint density at radius 2 is 2.25 bits per heavy atom. The monoisotopic (exact) mass is 220 g/mol. The Morgan fingerprint density at radius 3 is 2.75 bits per heavy atom. The molecule has 2 aromatic heterocycles. The van der Waals surface area contributed by atoms with Gasteiger partial charge in [0.15, 0.2) is 0 Å². The van der Waals surface area contributed by atoms with E-state index < -0.39 is 6.10 Å². The van der Waals surface area contributed by atoms with E-state index in [4.69, 9.17) is 4.42 Å². The van der Waals surface area contributed by atoms with Gasteiger partial charge in [0.25, 0.3) is 0 Å². The van der Waals surface area contributed by atoms with Gasteiger partial charge in [0.2, 0.25) is 0 Å². The molecule has 4 nitrogen and oxygen atoms in total. The molecule has 0 spiro atoms. The van der Waals surface area contributed by atoms with E-state index in [0.717, 1.165) is 17.0 Å². The van der Waals surface area contributed by atoms with Crippen molar-refractivity contribution in [1.82, 2.24) is 9.78 Å². The minimum absolute atomic E-state index is 0.541. The van der Waals surface area contributed by atoms with E-state index in [1.54, 1.807) is 18.4 Å². The fourth-order valence-electron chi connectivity index (χ4n) is 1.89. The van der Waals surface area contributed by atoms with Crippen molar-refractivity contribution in [2.24, 2.45) is 7.05 Å². The summed E-state index contributed by atoms with van der Waals surface area (Å²) in [5.41, 5.74) is 3.14. The summed E-state index contributed by atoms with van der Waals surface area (Å²) in [7, 11) is 1.91. The number of nitrogens with zero attached hydrogens (tertiary/aromatic N) is 2. The lowest BCUT2D eigenvalue weighted by atomic mass is 10.0. The van der Waals surface area contributed by atoms with Crippen LogP contribution in [0.4, 0.5) is 0 Å². The SMILES string of the molecule is Cc1nn(C)c(C)c1CC(O)c1ccco1. The molecule has 0 aromatic carbocycles. The van der Waals surface area contributed by atoms with Crippen LogP contribution in [0.25, 0.3) is 0 Å². The predicted octanol–water partition coefficient (Wildman–Crippen LogP) is 1.91. The fourth-order valence-corrected chi connectivity index (χ4v) is 1.89. The number of aliphatic hydroxyl groups is 1. The zero-order chi connectivity index (χ0) is 11.7. The summed E-state index contributed by atoms with van der Waals surface area (Å²) >= 11 is 0. The third kappa shape index (κ3) is 1.88. The van der Waals surface area contributed by atoms with Crippen molar-refractivity contribution in [3.05, 3.63) is 41.1 Å². The topological polar surface area (TPSA) is 51.2 Å². The second kappa shape index (κ2) is 4.14. The molecule has 0 saturated heterocycles. The van der Waals surface area contributed by atoms with Crippen molar-refractivity contribution >= 4 is 0 Å². The molecule has 0 amide bonds. The first-order chi connectivity index (χ1) is 7.59. The highest BCUT2D eigenvalue weighted by Gasteiger charge is 2.17. The van der Waals surface area contributed by atoms with Crippen LogP contribution in [0, 0.1) is 13.8 Å². The highest BCUT2D eigenvalue weighted by atomic mass is 16.4. The van der Waals surface area contributed by atoms with Crippen molar-refractivity contribution in [2.45, 2.75) is 26.4 Å². The number of aryl methyl sites for hydroxylation is 2. The lowest BCUT2D eigenvalue weighted by molar-refractivity contribution is 0.150. The minimum atomic E-state index is -0.600. The summed E-state index contributed by atoms with van der Waals surface area (Å²) in [5, 5.41) is 14.3. The van der Waals surface area contributed by atoms with Gasteiger partial charge < -0.3 is 9.52 Å². The largest absolute Gasteiger partial charge is 0.467 e. The second-order valence-corrected chi connectivity index (χ2v) is 4.01. The van der Waals surface area contributed by atoms with Crippen molar-refractivity contribution in [3.8, 4) is 0 Å². The maximum Gasteiger partial charge on any atom is 0.132 e. The van der Waals surface area contributed by atoms with E-state index in [-0.39, 0.29) is 0 Å². The van der Waals surface area contributed by atoms with E-state index in [2.05, 4.69) is 5.10 Å². The molecule has 16 heavy (non-hydrogen) atoms. The van der Waals surface area contributed by atoms with E-state index in [1.165, 1.54) is 0 Å². The van der Waals surface area contributed by atoms with E-state index in [9.17, 15) is 5.11 Å². The molecule has 1 N–H and O–H groups in total. The molecule has 0 bridgehead atoms. The molecule has 4 heteroatoms. The Morgan fingerprint density at radius 1 is 1.50 bits per heavy atom. The van der Waals surface area contributed by atoms with Gasteiger partial charge in [-0.25, -0.2) is 0 Å². The first-order valence-corrected chi connectivity index (χ1v) is 5.30. The number of furan rings is 1. The van der Waals surface area contributed by atoms with Gasteiger partial charge >= 0.3 is 0 Å². The van der Waals surface area contributed by atoms with Crippen LogP contribution in [-0.4, -0.2) is 14.9 Å². The number of rotatable bonds is 3. The van der Waals surface area contributed by atoms with Crippen molar-refractivity contribution in [1.29, 1.82) is 0 Å². The molecular weight excluding hydrogens is 204 g/mol. The number of aliphatic hydroxyl groups excluding tert-OH is 1. The van der Waals surface area contributed by atoms with Crippen LogP contribution in [-0.2, 0) is 13.5 Å². The number of hydrogen-bond donors (Lipinski definition) is 1. The van der Waals surface area contributed by atoms with Crippen molar-refractivity contribution in [2.75, 3.05) is 0 Å². The summed E-state index contributed by atoms with van der Waals surface area (Å²) in [6.45, 7) is 3.96. The Bertz CT molecular complexity index is 471. The zero-order valence-electron chi connectivity index (χ0n) is 9.77. The second-order valence-electron chi connectivity index (χ2n) is 4.01. The van der Waals surface area contributed by atoms with Crippen molar-refractivity contribution in [3.63, 3.8) is 0 Å². The molecule has 0 radical (unpaired) electrons. The molecule has 0 aliphatic heterocycles. The lowest BCUT2D eigenvalue weighted by Gasteiger charge is -2.07. The zero-order valence-corrected chi connectivity index (χ0v) is 9.77. The van der Waals surface area contributed by atoms with E-state index in [0.29, 0.717) is 12.2 Å². The van der Waals surface area contributed by atoms with Gasteiger partial charge in [0.1, 0.15) is 11.9 Å². The average Bonchev–Trinajstić information content (AvgIpc) is 2.83. The summed E-state index contributed by atoms with van der Waals surface area (Å²) in [5.74, 6) is 0.600. The molecule has 86 valence electrons. The van der Waals surface area contributed by atoms with Crippen LogP contribution in [0.2, 0.25) is 0 Å². The molecule has 2 heterocycles. The van der Waals surface area contributed by atoms with Gasteiger partial charge in [-0.1, -0.05) is 0 Å². The van der Waals surface area contributed by atoms with Gasteiger partial charge in [0.05, 0.1) is 12.0 Å². The maximum atomic E-state index is 9.99. The Labute approximate surface area is 94.5 Å². The minimum Gasteiger partial charge on any atom is -0.467 e. The molecule has 0 fully saturated rings. The third-order valence-electron chi connectivity index (χ3n) is 2.93. The molecule has 1 unspecified atom stereocenters. The molecule has 0 aliphatic rings. The van der Waals surface area contributed by atoms with Crippen LogP contribution < -0.4 is 0 Å². The smallest absolute Gasteiger partial charge is 0.132 e. The average molecular weight is 220 g/mol. The quantitative estimate of drug-likeness (QED) is 0.859. The van der Waals surface area contributed by atoms with Crippen molar-refractivity contribution < 1.29 is 9.52 Å². The molecule has 0 aliphatic carbocycles. The standard InChI is InChI=1S/C12H16N2O2/c1-8-10(9(2)14(3)13-8)7-11(15)12-5-4-6-16-12/h4-6,11,15H,7H2,1-3H3. The summed E-state index contributed by atoms with van der Waals surface area (Å²) < 4.78 is 7.01. The Kier molecular flexibility index (Phi) is 2.83. The lowest BCUT2D eigenvalue weighted by Crippen LogP contribution is -2.02. The van der Waals surface area contributed by atoms with Crippen LogP contribution in [0.5, 0.6) is 0 Å². The highest BCUT2D eigenvalue weighted by Crippen LogP contribution is 2.22. The van der Waals surface area contributed by atoms with Crippen LogP contribution >= 0.6 is 0 Å². The maximum absolute atomic E-state index is 9.99. The third-order valence-corrected chi connectivity index (χ3v) is 2.93. The first kappa shape index (κ1) is 11.0. The highest BCUT2D eigenvalue weighted by molar-refractivity contribution is 5.26. The Balaban J connectivity index is 2.21. The van der Waals surface area contributed by atoms with Gasteiger partial charge in [-0.3, -0.25) is 4.68 Å². The Hall–Kier alpha value is -1.55. The first-order valence-electron chi connectivity index (χ1n) is 5.30. The molecule has 2 aromatic rings. The molecule has 0 saturated carbocycles. The van der Waals surface area contributed by atoms with E-state index in [1.807, 2.05) is 25.6 Å². The molecular formula is C12H16N2O2. The predicted molar refractivity (Wildman–Crippen MR) is 60.1 cm³/mol. The van der Waals surface area contributed by atoms with Gasteiger partial charge in [0, 0.05) is 19.2 Å². The van der Waals surface area contributed by atoms with E-state index >= 15 is 0 Å². The normalized spacial score (nSPS) is 13.0. The van der Waals surface area contributed by atoms with Gasteiger partial charge in [-0.05, 0) is 31.5 Å². The van der Waals surface area contributed by atoms with Crippen LogP contribution in [0.1, 0.15) is 28.8 Å². The molecule has 2 rings (SSSR count). The fraction of sp³-hybridized carbons (Fsp3) is 0.417. The summed E-state index contributed by atoms with van der Waals surface area (Å²) in [6.07, 6.45) is 1.51. The van der Waals surface area contributed by atoms with Gasteiger partial charge in [-0.2, -0.15) is 5.10 Å². The number of hydrogen-bond acceptors (Lipinski definition) is 3. The molecule has 1 atom stereocenters. The van der Waals surface area contributed by atoms with Crippen LogP contribution in [0.3, 0.4) is 0 Å².